The molecule has 10 heteroatoms. The summed E-state index contributed by atoms with van der Waals surface area (Å²) < 4.78 is 24.4. The monoisotopic (exact) mass is 522 g/mol. The Balaban J connectivity index is 1.68. The number of nitrogens with one attached hydrogen (secondary N) is 3. The van der Waals surface area contributed by atoms with E-state index in [1.165, 1.54) is 19.2 Å². The van der Waals surface area contributed by atoms with Gasteiger partial charge in [0.15, 0.2) is 0 Å². The number of likely N-dealkylation sites (tertiary alicyclic amines) is 1. The van der Waals surface area contributed by atoms with Crippen LogP contribution in [0.3, 0.4) is 0 Å². The highest BCUT2D eigenvalue weighted by molar-refractivity contribution is 5.74. The Morgan fingerprint density at radius 3 is 2.86 bits per heavy atom. The lowest BCUT2D eigenvalue weighted by Crippen LogP contribution is -2.54. The Hall–Kier alpha value is -2.43. The molecule has 0 radical (unpaired) electrons. The number of benzene rings is 1. The van der Waals surface area contributed by atoms with Gasteiger partial charge in [0.2, 0.25) is 0 Å². The first-order chi connectivity index (χ1) is 17.9. The lowest BCUT2D eigenvalue weighted by atomic mass is 9.74. The fourth-order valence-corrected chi connectivity index (χ4v) is 5.62. The molecule has 1 aromatic rings. The number of ether oxygens (including phenoxy) is 2. The van der Waals surface area contributed by atoms with E-state index in [9.17, 15) is 19.1 Å². The van der Waals surface area contributed by atoms with Crippen molar-refractivity contribution in [2.24, 2.45) is 11.8 Å². The zero-order valence-electron chi connectivity index (χ0n) is 22.1. The summed E-state index contributed by atoms with van der Waals surface area (Å²) in [5.41, 5.74) is -0.856. The maximum atomic E-state index is 14.1. The largest absolute Gasteiger partial charge is 0.453 e. The Kier molecular flexibility index (Phi) is 11.4. The number of aliphatic hydroxyl groups is 1. The first kappa shape index (κ1) is 29.1. The summed E-state index contributed by atoms with van der Waals surface area (Å²) in [7, 11) is 3.17. The molecule has 0 aromatic heterocycles. The molecule has 37 heavy (non-hydrogen) atoms. The minimum absolute atomic E-state index is 0.0175. The smallest absolute Gasteiger partial charge is 0.406 e. The zero-order chi connectivity index (χ0) is 26.7. The minimum atomic E-state index is -1.34. The molecule has 9 nitrogen and oxygen atoms in total. The molecule has 0 bridgehead atoms. The van der Waals surface area contributed by atoms with E-state index in [-0.39, 0.29) is 18.0 Å². The SMILES string of the molecule is CNCC(CC1CCCOC1)NC(=O)N1CCCC(C(O)(CCCNC(=O)OC)c2cccc(F)c2)C1. The molecule has 2 aliphatic rings. The van der Waals surface area contributed by atoms with E-state index in [4.69, 9.17) is 4.74 Å². The van der Waals surface area contributed by atoms with Crippen LogP contribution in [0.25, 0.3) is 0 Å². The predicted octanol–water partition coefficient (Wildman–Crippen LogP) is 2.98. The van der Waals surface area contributed by atoms with Crippen LogP contribution in [0.2, 0.25) is 0 Å². The Morgan fingerprint density at radius 2 is 2.16 bits per heavy atom. The van der Waals surface area contributed by atoms with Gasteiger partial charge in [-0.1, -0.05) is 12.1 Å². The molecular formula is C27H43FN4O5. The molecular weight excluding hydrogens is 479 g/mol. The van der Waals surface area contributed by atoms with Crippen molar-refractivity contribution in [3.63, 3.8) is 0 Å². The lowest BCUT2D eigenvalue weighted by molar-refractivity contribution is -0.0554. The standard InChI is InChI=1S/C27H43FN4O5/c1-29-17-24(15-20-7-5-14-37-19-20)31-25(33)32-13-4-9-22(18-32)27(35,11-6-12-30-26(34)36-2)21-8-3-10-23(28)16-21/h3,8,10,16,20,22,24,29,35H,4-7,9,11-15,17-19H2,1-2H3,(H,30,34)(H,31,33). The van der Waals surface area contributed by atoms with Gasteiger partial charge < -0.3 is 35.4 Å². The van der Waals surface area contributed by atoms with E-state index in [0.29, 0.717) is 56.9 Å². The van der Waals surface area contributed by atoms with E-state index in [1.54, 1.807) is 17.0 Å². The number of rotatable bonds is 11. The first-order valence-electron chi connectivity index (χ1n) is 13.4. The third-order valence-electron chi connectivity index (χ3n) is 7.55. The van der Waals surface area contributed by atoms with Gasteiger partial charge in [0.25, 0.3) is 0 Å². The molecule has 2 fully saturated rings. The van der Waals surface area contributed by atoms with Crippen LogP contribution < -0.4 is 16.0 Å². The maximum Gasteiger partial charge on any atom is 0.406 e. The Morgan fingerprint density at radius 1 is 1.32 bits per heavy atom. The first-order valence-corrected chi connectivity index (χ1v) is 13.4. The van der Waals surface area contributed by atoms with Gasteiger partial charge >= 0.3 is 12.1 Å². The number of carbonyl (C=O) groups excluding carboxylic acids is 2. The summed E-state index contributed by atoms with van der Waals surface area (Å²) in [6.07, 6.45) is 4.70. The van der Waals surface area contributed by atoms with Gasteiger partial charge in [0.05, 0.1) is 12.7 Å². The van der Waals surface area contributed by atoms with E-state index < -0.39 is 17.5 Å². The Labute approximate surface area is 219 Å². The summed E-state index contributed by atoms with van der Waals surface area (Å²) in [6.45, 7) is 3.49. The second-order valence-corrected chi connectivity index (χ2v) is 10.3. The number of carbonyl (C=O) groups is 2. The van der Waals surface area contributed by atoms with Gasteiger partial charge in [-0.05, 0) is 75.6 Å². The predicted molar refractivity (Wildman–Crippen MR) is 139 cm³/mol. The quantitative estimate of drug-likeness (QED) is 0.333. The lowest BCUT2D eigenvalue weighted by Gasteiger charge is -2.43. The van der Waals surface area contributed by atoms with Crippen LogP contribution in [0, 0.1) is 17.7 Å². The van der Waals surface area contributed by atoms with Crippen molar-refractivity contribution in [2.45, 2.75) is 56.6 Å². The average molecular weight is 523 g/mol. The van der Waals surface area contributed by atoms with Gasteiger partial charge in [0.1, 0.15) is 5.82 Å². The number of methoxy groups -OCH3 is 1. The molecule has 4 atom stereocenters. The van der Waals surface area contributed by atoms with E-state index in [2.05, 4.69) is 20.7 Å². The third-order valence-corrected chi connectivity index (χ3v) is 7.55. The van der Waals surface area contributed by atoms with Crippen LogP contribution in [-0.4, -0.2) is 81.7 Å². The van der Waals surface area contributed by atoms with Crippen molar-refractivity contribution >= 4 is 12.1 Å². The molecule has 2 heterocycles. The van der Waals surface area contributed by atoms with Crippen molar-refractivity contribution < 1.29 is 28.6 Å². The van der Waals surface area contributed by atoms with Crippen LogP contribution in [-0.2, 0) is 15.1 Å². The fourth-order valence-electron chi connectivity index (χ4n) is 5.62. The second-order valence-electron chi connectivity index (χ2n) is 10.3. The zero-order valence-corrected chi connectivity index (χ0v) is 22.1. The number of alkyl carbamates (subject to hydrolysis) is 1. The highest BCUT2D eigenvalue weighted by Crippen LogP contribution is 2.39. The van der Waals surface area contributed by atoms with Gasteiger partial charge in [-0.3, -0.25) is 0 Å². The van der Waals surface area contributed by atoms with Crippen molar-refractivity contribution in [2.75, 3.05) is 53.6 Å². The number of halogens is 1. The van der Waals surface area contributed by atoms with Gasteiger partial charge in [-0.15, -0.1) is 0 Å². The van der Waals surface area contributed by atoms with E-state index >= 15 is 0 Å². The van der Waals surface area contributed by atoms with Crippen molar-refractivity contribution in [3.05, 3.63) is 35.6 Å². The fraction of sp³-hybridized carbons (Fsp3) is 0.704. The number of amides is 3. The van der Waals surface area contributed by atoms with E-state index in [1.807, 2.05) is 7.05 Å². The molecule has 0 saturated carbocycles. The van der Waals surface area contributed by atoms with Crippen molar-refractivity contribution in [1.82, 2.24) is 20.9 Å². The molecule has 2 aliphatic heterocycles. The normalized spacial score (nSPS) is 22.5. The van der Waals surface area contributed by atoms with Crippen LogP contribution in [0.5, 0.6) is 0 Å². The maximum absolute atomic E-state index is 14.1. The average Bonchev–Trinajstić information content (AvgIpc) is 2.91. The van der Waals surface area contributed by atoms with Crippen LogP contribution in [0.1, 0.15) is 50.5 Å². The van der Waals surface area contributed by atoms with Gasteiger partial charge in [0, 0.05) is 51.4 Å². The molecule has 3 amide bonds. The van der Waals surface area contributed by atoms with E-state index in [0.717, 1.165) is 38.9 Å². The summed E-state index contributed by atoms with van der Waals surface area (Å²) in [5.74, 6) is -0.268. The summed E-state index contributed by atoms with van der Waals surface area (Å²) in [6, 6.07) is 5.87. The summed E-state index contributed by atoms with van der Waals surface area (Å²) in [4.78, 5) is 26.5. The van der Waals surface area contributed by atoms with Crippen LogP contribution in [0.4, 0.5) is 14.0 Å². The molecule has 0 spiro atoms. The molecule has 0 aliphatic carbocycles. The molecule has 2 saturated heterocycles. The minimum Gasteiger partial charge on any atom is -0.453 e. The van der Waals surface area contributed by atoms with Gasteiger partial charge in [-0.25, -0.2) is 14.0 Å². The molecule has 1 aromatic carbocycles. The summed E-state index contributed by atoms with van der Waals surface area (Å²) >= 11 is 0. The highest BCUT2D eigenvalue weighted by Gasteiger charge is 2.41. The number of likely N-dealkylation sites (N-methyl/N-ethyl adjacent to an activating group) is 1. The molecule has 4 N–H and O–H groups in total. The number of urea groups is 1. The van der Waals surface area contributed by atoms with Crippen LogP contribution >= 0.6 is 0 Å². The van der Waals surface area contributed by atoms with Crippen molar-refractivity contribution in [3.8, 4) is 0 Å². The number of hydrogen-bond acceptors (Lipinski definition) is 6. The molecule has 3 rings (SSSR count). The molecule has 208 valence electrons. The topological polar surface area (TPSA) is 112 Å². The second kappa shape index (κ2) is 14.5. The van der Waals surface area contributed by atoms with Gasteiger partial charge in [-0.2, -0.15) is 0 Å². The Bertz CT molecular complexity index is 869. The van der Waals surface area contributed by atoms with Crippen molar-refractivity contribution in [1.29, 1.82) is 0 Å². The third kappa shape index (κ3) is 8.55. The number of hydrogen-bond donors (Lipinski definition) is 4. The number of piperidine rings is 1. The summed E-state index contributed by atoms with van der Waals surface area (Å²) in [5, 5.41) is 20.9. The molecule has 4 unspecified atom stereocenters. The number of nitrogens with zero attached hydrogens (tertiary/aromatic N) is 1. The van der Waals surface area contributed by atoms with Crippen LogP contribution in [0.15, 0.2) is 24.3 Å². The highest BCUT2D eigenvalue weighted by atomic mass is 19.1.